The zero-order valence-corrected chi connectivity index (χ0v) is 13.1. The van der Waals surface area contributed by atoms with Crippen LogP contribution in [-0.4, -0.2) is 40.1 Å². The third-order valence-corrected chi connectivity index (χ3v) is 5.11. The lowest BCUT2D eigenvalue weighted by atomic mass is 9.74. The molecular formula is C15H24N6. The summed E-state index contributed by atoms with van der Waals surface area (Å²) in [7, 11) is 1.84. The second kappa shape index (κ2) is 5.50. The number of aromatic amines is 1. The van der Waals surface area contributed by atoms with Crippen LogP contribution in [0.15, 0.2) is 6.33 Å². The summed E-state index contributed by atoms with van der Waals surface area (Å²) < 4.78 is 0. The van der Waals surface area contributed by atoms with Crippen molar-refractivity contribution < 1.29 is 0 Å². The quantitative estimate of drug-likeness (QED) is 0.905. The second-order valence-electron chi connectivity index (χ2n) is 5.92. The van der Waals surface area contributed by atoms with Gasteiger partial charge in [-0.15, -0.1) is 0 Å². The molecule has 1 fully saturated rings. The van der Waals surface area contributed by atoms with Crippen LogP contribution in [0, 0.1) is 5.41 Å². The van der Waals surface area contributed by atoms with Crippen LogP contribution in [0.1, 0.15) is 39.5 Å². The number of imidazole rings is 1. The molecule has 0 atom stereocenters. The lowest BCUT2D eigenvalue weighted by Gasteiger charge is -2.41. The summed E-state index contributed by atoms with van der Waals surface area (Å²) in [5, 5.41) is 3.02. The fourth-order valence-corrected chi connectivity index (χ4v) is 3.31. The predicted octanol–water partition coefficient (Wildman–Crippen LogP) is 2.80. The van der Waals surface area contributed by atoms with E-state index < -0.39 is 0 Å². The van der Waals surface area contributed by atoms with E-state index in [0.717, 1.165) is 30.1 Å². The monoisotopic (exact) mass is 288 g/mol. The molecule has 2 N–H and O–H groups in total. The van der Waals surface area contributed by atoms with Gasteiger partial charge in [-0.1, -0.05) is 26.7 Å². The Morgan fingerprint density at radius 3 is 2.57 bits per heavy atom. The number of fused-ring (bicyclic) bond motifs is 1. The molecule has 0 amide bonds. The normalized spacial score (nSPS) is 18.1. The summed E-state index contributed by atoms with van der Waals surface area (Å²) >= 11 is 0. The van der Waals surface area contributed by atoms with Crippen molar-refractivity contribution in [2.75, 3.05) is 30.4 Å². The average Bonchev–Trinajstić information content (AvgIpc) is 3.02. The van der Waals surface area contributed by atoms with Gasteiger partial charge in [0.05, 0.1) is 6.33 Å². The third-order valence-electron chi connectivity index (χ3n) is 5.11. The van der Waals surface area contributed by atoms with Crippen LogP contribution in [0.2, 0.25) is 0 Å². The van der Waals surface area contributed by atoms with E-state index in [2.05, 4.69) is 44.0 Å². The van der Waals surface area contributed by atoms with Crippen LogP contribution in [0.4, 0.5) is 11.8 Å². The van der Waals surface area contributed by atoms with Gasteiger partial charge in [-0.3, -0.25) is 0 Å². The van der Waals surface area contributed by atoms with E-state index in [1.54, 1.807) is 6.33 Å². The number of hydrogen-bond acceptors (Lipinski definition) is 5. The molecule has 0 saturated carbocycles. The molecule has 0 aromatic carbocycles. The molecule has 2 aromatic heterocycles. The first-order valence-corrected chi connectivity index (χ1v) is 7.85. The molecule has 3 rings (SSSR count). The van der Waals surface area contributed by atoms with Crippen LogP contribution in [0.3, 0.4) is 0 Å². The molecule has 1 aliphatic rings. The average molecular weight is 288 g/mol. The van der Waals surface area contributed by atoms with Gasteiger partial charge in [0, 0.05) is 20.1 Å². The molecule has 1 aliphatic heterocycles. The van der Waals surface area contributed by atoms with Crippen molar-refractivity contribution in [2.45, 2.75) is 39.5 Å². The highest BCUT2D eigenvalue weighted by Crippen LogP contribution is 2.39. The van der Waals surface area contributed by atoms with Gasteiger partial charge in [-0.05, 0) is 18.3 Å². The molecule has 0 spiro atoms. The van der Waals surface area contributed by atoms with Gasteiger partial charge < -0.3 is 15.2 Å². The van der Waals surface area contributed by atoms with Gasteiger partial charge in [0.1, 0.15) is 5.52 Å². The summed E-state index contributed by atoms with van der Waals surface area (Å²) in [5.41, 5.74) is 2.18. The standard InChI is InChI=1S/C15H24N6/c1-4-15(5-2)6-8-21(9-7-15)13-11-12(18-10-17-11)19-14(16-3)20-13/h10H,4-9H2,1-3H3,(H2,16,17,18,19,20). The molecule has 0 radical (unpaired) electrons. The Labute approximate surface area is 125 Å². The Kier molecular flexibility index (Phi) is 3.69. The zero-order chi connectivity index (χ0) is 14.9. The van der Waals surface area contributed by atoms with E-state index in [9.17, 15) is 0 Å². The minimum absolute atomic E-state index is 0.516. The Morgan fingerprint density at radius 1 is 1.24 bits per heavy atom. The van der Waals surface area contributed by atoms with Crippen LogP contribution in [-0.2, 0) is 0 Å². The molecule has 0 bridgehead atoms. The Balaban J connectivity index is 1.90. The first kappa shape index (κ1) is 14.1. The van der Waals surface area contributed by atoms with Crippen molar-refractivity contribution in [2.24, 2.45) is 5.41 Å². The maximum Gasteiger partial charge on any atom is 0.226 e. The van der Waals surface area contributed by atoms with Gasteiger partial charge >= 0.3 is 0 Å². The maximum atomic E-state index is 4.65. The molecule has 6 nitrogen and oxygen atoms in total. The van der Waals surface area contributed by atoms with Crippen LogP contribution in [0.5, 0.6) is 0 Å². The summed E-state index contributed by atoms with van der Waals surface area (Å²) in [5.74, 6) is 1.61. The number of hydrogen-bond donors (Lipinski definition) is 2. The molecule has 2 aromatic rings. The first-order chi connectivity index (χ1) is 10.2. The van der Waals surface area contributed by atoms with E-state index in [4.69, 9.17) is 0 Å². The second-order valence-corrected chi connectivity index (χ2v) is 5.92. The molecule has 1 saturated heterocycles. The van der Waals surface area contributed by atoms with Gasteiger partial charge in [0.15, 0.2) is 11.5 Å². The van der Waals surface area contributed by atoms with Crippen molar-refractivity contribution in [3.63, 3.8) is 0 Å². The van der Waals surface area contributed by atoms with E-state index >= 15 is 0 Å². The number of piperidine rings is 1. The van der Waals surface area contributed by atoms with Gasteiger partial charge in [-0.2, -0.15) is 9.97 Å². The van der Waals surface area contributed by atoms with E-state index in [1.807, 2.05) is 7.05 Å². The highest BCUT2D eigenvalue weighted by molar-refractivity contribution is 5.84. The van der Waals surface area contributed by atoms with E-state index in [0.29, 0.717) is 11.4 Å². The van der Waals surface area contributed by atoms with Crippen LogP contribution in [0.25, 0.3) is 11.2 Å². The van der Waals surface area contributed by atoms with Gasteiger partial charge in [0.2, 0.25) is 5.95 Å². The summed E-state index contributed by atoms with van der Waals surface area (Å²) in [6.45, 7) is 6.73. The molecule has 0 unspecified atom stereocenters. The summed E-state index contributed by atoms with van der Waals surface area (Å²) in [4.78, 5) is 18.8. The number of H-pyrrole nitrogens is 1. The molecule has 6 heteroatoms. The topological polar surface area (TPSA) is 69.7 Å². The minimum Gasteiger partial charge on any atom is -0.357 e. The fourth-order valence-electron chi connectivity index (χ4n) is 3.31. The molecule has 3 heterocycles. The van der Waals surface area contributed by atoms with Gasteiger partial charge in [-0.25, -0.2) is 4.98 Å². The minimum atomic E-state index is 0.516. The Bertz CT molecular complexity index is 606. The maximum absolute atomic E-state index is 4.65. The number of aromatic nitrogens is 4. The van der Waals surface area contributed by atoms with E-state index in [1.165, 1.54) is 25.7 Å². The number of nitrogens with one attached hydrogen (secondary N) is 2. The molecule has 21 heavy (non-hydrogen) atoms. The van der Waals surface area contributed by atoms with Crippen molar-refractivity contribution >= 4 is 22.9 Å². The van der Waals surface area contributed by atoms with Crippen LogP contribution >= 0.6 is 0 Å². The van der Waals surface area contributed by atoms with Crippen LogP contribution < -0.4 is 10.2 Å². The van der Waals surface area contributed by atoms with Crippen molar-refractivity contribution in [3.8, 4) is 0 Å². The van der Waals surface area contributed by atoms with Crippen molar-refractivity contribution in [1.29, 1.82) is 0 Å². The molecular weight excluding hydrogens is 264 g/mol. The Morgan fingerprint density at radius 2 is 1.95 bits per heavy atom. The van der Waals surface area contributed by atoms with Crippen molar-refractivity contribution in [3.05, 3.63) is 6.33 Å². The summed E-state index contributed by atoms with van der Waals surface area (Å²) in [6, 6.07) is 0. The smallest absolute Gasteiger partial charge is 0.226 e. The first-order valence-electron chi connectivity index (χ1n) is 7.85. The largest absolute Gasteiger partial charge is 0.357 e. The molecule has 114 valence electrons. The van der Waals surface area contributed by atoms with E-state index in [-0.39, 0.29) is 0 Å². The number of nitrogens with zero attached hydrogens (tertiary/aromatic N) is 4. The van der Waals surface area contributed by atoms with Gasteiger partial charge in [0.25, 0.3) is 0 Å². The summed E-state index contributed by atoms with van der Waals surface area (Å²) in [6.07, 6.45) is 6.68. The fraction of sp³-hybridized carbons (Fsp3) is 0.667. The predicted molar refractivity (Wildman–Crippen MR) is 85.7 cm³/mol. The zero-order valence-electron chi connectivity index (χ0n) is 13.1. The highest BCUT2D eigenvalue weighted by Gasteiger charge is 2.32. The van der Waals surface area contributed by atoms with Crippen molar-refractivity contribution in [1.82, 2.24) is 19.9 Å². The third kappa shape index (κ3) is 2.43. The Hall–Kier alpha value is -1.85. The number of anilines is 2. The highest BCUT2D eigenvalue weighted by atomic mass is 15.2. The SMILES string of the molecule is CCC1(CC)CCN(c2nc(NC)nc3nc[nH]c23)CC1. The molecule has 0 aliphatic carbocycles. The number of rotatable bonds is 4. The lowest BCUT2D eigenvalue weighted by molar-refractivity contribution is 0.199. The lowest BCUT2D eigenvalue weighted by Crippen LogP contribution is -2.40.